The third-order valence-corrected chi connectivity index (χ3v) is 1.76. The Morgan fingerprint density at radius 3 is 1.56 bits per heavy atom. The van der Waals surface area contributed by atoms with Gasteiger partial charge in [0.2, 0.25) is 0 Å². The summed E-state index contributed by atoms with van der Waals surface area (Å²) in [5.74, 6) is 0. The molecule has 0 aromatic rings. The molecule has 0 aromatic heterocycles. The highest BCUT2D eigenvalue weighted by molar-refractivity contribution is 5.07. The van der Waals surface area contributed by atoms with Gasteiger partial charge in [0.25, 0.3) is 0 Å². The summed E-state index contributed by atoms with van der Waals surface area (Å²) in [6, 6.07) is 0. The van der Waals surface area contributed by atoms with E-state index < -0.39 is 40.8 Å². The third-order valence-electron chi connectivity index (χ3n) is 1.76. The van der Waals surface area contributed by atoms with Gasteiger partial charge in [0.15, 0.2) is 6.23 Å². The number of hydroxylamine groups is 2. The highest BCUT2D eigenvalue weighted by Crippen LogP contribution is 2.45. The second-order valence-electron chi connectivity index (χ2n) is 3.02. The first-order chi connectivity index (χ1) is 7.76. The van der Waals surface area contributed by atoms with Crippen LogP contribution < -0.4 is 0 Å². The third kappa shape index (κ3) is 2.63. The second kappa shape index (κ2) is 3.91. The zero-order chi connectivity index (χ0) is 14.5. The van der Waals surface area contributed by atoms with E-state index in [0.717, 1.165) is 0 Å². The van der Waals surface area contributed by atoms with E-state index in [1.54, 1.807) is 0 Å². The summed E-state index contributed by atoms with van der Waals surface area (Å²) < 4.78 is 108. The molecule has 3 nitrogen and oxygen atoms in total. The molecule has 1 atom stereocenters. The topological polar surface area (TPSA) is 15.7 Å². The van der Waals surface area contributed by atoms with Crippen LogP contribution >= 0.6 is 0 Å². The van der Waals surface area contributed by atoms with Gasteiger partial charge >= 0.3 is 18.9 Å². The minimum absolute atomic E-state index is 1.08. The normalized spacial score (nSPS) is 22.4. The Hall–Kier alpha value is -1.17. The zero-order valence-corrected chi connectivity index (χ0v) is 7.99. The summed E-state index contributed by atoms with van der Waals surface area (Å²) in [4.78, 5) is 1.31. The van der Waals surface area contributed by atoms with E-state index in [1.165, 1.54) is 0 Å². The van der Waals surface area contributed by atoms with Gasteiger partial charge in [-0.05, 0) is 0 Å². The lowest BCUT2D eigenvalue weighted by Gasteiger charge is -2.46. The van der Waals surface area contributed by atoms with Crippen LogP contribution in [0.15, 0.2) is 12.3 Å². The summed E-state index contributed by atoms with van der Waals surface area (Å²) in [7, 11) is 0. The molecule has 0 amide bonds. The van der Waals surface area contributed by atoms with Crippen LogP contribution in [0.5, 0.6) is 0 Å². The van der Waals surface area contributed by atoms with E-state index in [9.17, 15) is 39.5 Å². The number of alkyl halides is 9. The molecular formula is C6H3F9N2O. The highest BCUT2D eigenvalue weighted by Gasteiger charge is 2.65. The fraction of sp³-hybridized carbons (Fsp3) is 0.667. The van der Waals surface area contributed by atoms with Crippen LogP contribution in [0.3, 0.4) is 0 Å². The van der Waals surface area contributed by atoms with E-state index in [2.05, 4.69) is 11.4 Å². The summed E-state index contributed by atoms with van der Waals surface area (Å²) in [6.07, 6.45) is -20.2. The molecule has 0 radical (unpaired) electrons. The number of halogens is 9. The Bertz CT molecular complexity index is 328. The van der Waals surface area contributed by atoms with Crippen LogP contribution in [-0.4, -0.2) is 35.1 Å². The van der Waals surface area contributed by atoms with E-state index in [1.807, 2.05) is 0 Å². The number of rotatable bonds is 1. The van der Waals surface area contributed by atoms with Crippen molar-refractivity contribution in [3.63, 3.8) is 0 Å². The summed E-state index contributed by atoms with van der Waals surface area (Å²) in [5.41, 5.74) is -1.52. The maximum absolute atomic E-state index is 12.1. The minimum Gasteiger partial charge on any atom is -0.240 e. The molecular weight excluding hydrogens is 287 g/mol. The summed E-state index contributed by atoms with van der Waals surface area (Å²) in [5, 5.41) is -1.08. The molecule has 0 saturated carbocycles. The van der Waals surface area contributed by atoms with Gasteiger partial charge in [-0.3, -0.25) is 0 Å². The molecule has 0 spiro atoms. The smallest absolute Gasteiger partial charge is 0.240 e. The molecule has 1 aliphatic rings. The molecule has 1 rings (SSSR count). The Morgan fingerprint density at radius 1 is 0.944 bits per heavy atom. The van der Waals surface area contributed by atoms with Crippen LogP contribution in [0.2, 0.25) is 0 Å². The van der Waals surface area contributed by atoms with Gasteiger partial charge in [-0.15, -0.1) is 13.2 Å². The highest BCUT2D eigenvalue weighted by atomic mass is 19.4. The molecule has 0 bridgehead atoms. The SMILES string of the molecule is C=C1C(N(C(F)(F)F)C(F)(F)F)ON1C(F)(F)F. The first kappa shape index (κ1) is 14.9. The average molecular weight is 290 g/mol. The van der Waals surface area contributed by atoms with Crippen LogP contribution in [0.25, 0.3) is 0 Å². The lowest BCUT2D eigenvalue weighted by molar-refractivity contribution is -0.490. The first-order valence-electron chi connectivity index (χ1n) is 3.91. The van der Waals surface area contributed by atoms with Gasteiger partial charge < -0.3 is 0 Å². The van der Waals surface area contributed by atoms with E-state index in [-0.39, 0.29) is 0 Å². The van der Waals surface area contributed by atoms with Gasteiger partial charge in [-0.2, -0.15) is 31.4 Å². The van der Waals surface area contributed by atoms with Crippen LogP contribution in [0.1, 0.15) is 0 Å². The molecule has 0 aliphatic carbocycles. The first-order valence-corrected chi connectivity index (χ1v) is 3.91. The molecule has 0 aromatic carbocycles. The molecule has 1 aliphatic heterocycles. The van der Waals surface area contributed by atoms with Crippen molar-refractivity contribution in [1.29, 1.82) is 0 Å². The standard InChI is InChI=1S/C6H3F9N2O/c1-2-3(18-17(2)6(13,14)15)16(4(7,8)9)5(10,11)12/h3H,1H2. The molecule has 1 heterocycles. The maximum Gasteiger partial charge on any atom is 0.508 e. The number of hydrogen-bond acceptors (Lipinski definition) is 3. The van der Waals surface area contributed by atoms with Gasteiger partial charge in [0.1, 0.15) is 0 Å². The predicted molar refractivity (Wildman–Crippen MR) is 35.9 cm³/mol. The van der Waals surface area contributed by atoms with Crippen LogP contribution in [0.4, 0.5) is 39.5 Å². The Kier molecular flexibility index (Phi) is 3.24. The van der Waals surface area contributed by atoms with Gasteiger partial charge in [-0.1, -0.05) is 11.5 Å². The van der Waals surface area contributed by atoms with E-state index >= 15 is 0 Å². The van der Waals surface area contributed by atoms with E-state index in [0.29, 0.717) is 0 Å². The van der Waals surface area contributed by atoms with Gasteiger partial charge in [-0.25, -0.2) is 4.84 Å². The Morgan fingerprint density at radius 2 is 1.33 bits per heavy atom. The zero-order valence-electron chi connectivity index (χ0n) is 7.99. The fourth-order valence-corrected chi connectivity index (χ4v) is 1.11. The van der Waals surface area contributed by atoms with Crippen molar-refractivity contribution in [3.8, 4) is 0 Å². The van der Waals surface area contributed by atoms with Crippen molar-refractivity contribution in [2.24, 2.45) is 0 Å². The van der Waals surface area contributed by atoms with Crippen LogP contribution in [-0.2, 0) is 4.84 Å². The quantitative estimate of drug-likeness (QED) is 0.545. The lowest BCUT2D eigenvalue weighted by Crippen LogP contribution is -2.65. The number of nitrogens with zero attached hydrogens (tertiary/aromatic N) is 2. The fourth-order valence-electron chi connectivity index (χ4n) is 1.11. The molecule has 1 fully saturated rings. The summed E-state index contributed by atoms with van der Waals surface area (Å²) in [6.45, 7) is 2.48. The maximum atomic E-state index is 12.1. The van der Waals surface area contributed by atoms with Gasteiger partial charge in [0, 0.05) is 0 Å². The lowest BCUT2D eigenvalue weighted by atomic mass is 10.3. The predicted octanol–water partition coefficient (Wildman–Crippen LogP) is 2.93. The van der Waals surface area contributed by atoms with Crippen molar-refractivity contribution >= 4 is 0 Å². The van der Waals surface area contributed by atoms with Crippen molar-refractivity contribution < 1.29 is 44.4 Å². The molecule has 18 heavy (non-hydrogen) atoms. The molecule has 1 unspecified atom stereocenters. The molecule has 12 heteroatoms. The van der Waals surface area contributed by atoms with E-state index in [4.69, 9.17) is 0 Å². The van der Waals surface area contributed by atoms with Crippen molar-refractivity contribution in [2.45, 2.75) is 25.1 Å². The molecule has 0 N–H and O–H groups in total. The Labute approximate surface area is 92.9 Å². The summed E-state index contributed by atoms with van der Waals surface area (Å²) >= 11 is 0. The van der Waals surface area contributed by atoms with Gasteiger partial charge in [0.05, 0.1) is 5.70 Å². The largest absolute Gasteiger partial charge is 0.508 e. The minimum atomic E-state index is -5.95. The molecule has 1 saturated heterocycles. The molecule has 106 valence electrons. The Balaban J connectivity index is 2.92. The van der Waals surface area contributed by atoms with Crippen molar-refractivity contribution in [2.75, 3.05) is 0 Å². The van der Waals surface area contributed by atoms with Crippen molar-refractivity contribution in [1.82, 2.24) is 9.96 Å². The monoisotopic (exact) mass is 290 g/mol. The number of hydrogen-bond donors (Lipinski definition) is 0. The van der Waals surface area contributed by atoms with Crippen LogP contribution in [0, 0.1) is 0 Å². The second-order valence-corrected chi connectivity index (χ2v) is 3.02. The average Bonchev–Trinajstić information content (AvgIpc) is 2.04. The van der Waals surface area contributed by atoms with Crippen molar-refractivity contribution in [3.05, 3.63) is 12.3 Å².